The summed E-state index contributed by atoms with van der Waals surface area (Å²) in [6, 6.07) is 0. The van der Waals surface area contributed by atoms with Crippen LogP contribution in [0.25, 0.3) is 0 Å². The fraction of sp³-hybridized carbons (Fsp3) is 0.900. The van der Waals surface area contributed by atoms with Gasteiger partial charge in [0.1, 0.15) is 6.10 Å². The molecule has 0 aromatic carbocycles. The molecule has 1 heterocycles. The van der Waals surface area contributed by atoms with Crippen LogP contribution in [0.15, 0.2) is 0 Å². The molecule has 1 fully saturated rings. The molecule has 5 nitrogen and oxygen atoms in total. The van der Waals surface area contributed by atoms with Crippen LogP contribution >= 0.6 is 0 Å². The lowest BCUT2D eigenvalue weighted by Gasteiger charge is -2.37. The normalized spacial score (nSPS) is 22.1. The second-order valence-corrected chi connectivity index (χ2v) is 3.96. The first-order valence-corrected chi connectivity index (χ1v) is 5.26. The number of carbonyl (C=O) groups excluding carboxylic acids is 1. The molecule has 1 unspecified atom stereocenters. The van der Waals surface area contributed by atoms with Gasteiger partial charge in [0.15, 0.2) is 0 Å². The maximum atomic E-state index is 11.7. The number of nitrogens with two attached hydrogens (primary N) is 1. The molecular weight excluding hydrogens is 196 g/mol. The fourth-order valence-electron chi connectivity index (χ4n) is 1.61. The second kappa shape index (κ2) is 5.44. The molecule has 0 radical (unpaired) electrons. The molecule has 0 aromatic rings. The van der Waals surface area contributed by atoms with Crippen molar-refractivity contribution in [3.05, 3.63) is 0 Å². The topological polar surface area (TPSA) is 73.6 Å². The van der Waals surface area contributed by atoms with Crippen LogP contribution in [-0.2, 0) is 14.3 Å². The minimum absolute atomic E-state index is 0.107. The van der Waals surface area contributed by atoms with Crippen molar-refractivity contribution in [1.29, 1.82) is 0 Å². The van der Waals surface area contributed by atoms with E-state index in [2.05, 4.69) is 5.32 Å². The molecule has 0 aliphatic carbocycles. The number of methoxy groups -OCH3 is 1. The van der Waals surface area contributed by atoms with Gasteiger partial charge in [0, 0.05) is 26.9 Å². The first-order valence-electron chi connectivity index (χ1n) is 5.26. The Morgan fingerprint density at radius 2 is 2.20 bits per heavy atom. The number of nitrogens with one attached hydrogen (secondary N) is 1. The molecule has 0 aromatic heterocycles. The molecule has 0 bridgehead atoms. The number of rotatable bonds is 4. The summed E-state index contributed by atoms with van der Waals surface area (Å²) < 4.78 is 10.2. The average Bonchev–Trinajstić information content (AvgIpc) is 2.29. The van der Waals surface area contributed by atoms with Crippen LogP contribution in [-0.4, -0.2) is 44.4 Å². The maximum absolute atomic E-state index is 11.7. The summed E-state index contributed by atoms with van der Waals surface area (Å²) in [5, 5.41) is 2.96. The first kappa shape index (κ1) is 12.4. The summed E-state index contributed by atoms with van der Waals surface area (Å²) in [4.78, 5) is 11.7. The van der Waals surface area contributed by atoms with Crippen LogP contribution in [0.1, 0.15) is 19.8 Å². The van der Waals surface area contributed by atoms with E-state index in [1.165, 1.54) is 7.11 Å². The Morgan fingerprint density at radius 3 is 2.67 bits per heavy atom. The lowest BCUT2D eigenvalue weighted by Crippen LogP contribution is -2.58. The van der Waals surface area contributed by atoms with E-state index >= 15 is 0 Å². The van der Waals surface area contributed by atoms with Crippen LogP contribution in [0.2, 0.25) is 0 Å². The third-order valence-electron chi connectivity index (χ3n) is 2.95. The predicted octanol–water partition coefficient (Wildman–Crippen LogP) is -0.355. The Balaban J connectivity index is 2.55. The summed E-state index contributed by atoms with van der Waals surface area (Å²) in [7, 11) is 1.52. The van der Waals surface area contributed by atoms with Crippen LogP contribution in [0.3, 0.4) is 0 Å². The molecular formula is C10H20N2O3. The molecule has 1 amide bonds. The lowest BCUT2D eigenvalue weighted by molar-refractivity contribution is -0.133. The van der Waals surface area contributed by atoms with Crippen LogP contribution in [0.4, 0.5) is 0 Å². The number of amides is 1. The standard InChI is InChI=1S/C10H20N2O3/c1-8(14-2)9(13)12-10(7-11)3-5-15-6-4-10/h8H,3-7,11H2,1-2H3,(H,12,13). The molecule has 1 rings (SSSR count). The number of ether oxygens (including phenoxy) is 2. The van der Waals surface area contributed by atoms with Crippen molar-refractivity contribution in [2.75, 3.05) is 26.9 Å². The third kappa shape index (κ3) is 3.15. The van der Waals surface area contributed by atoms with Gasteiger partial charge in [-0.1, -0.05) is 0 Å². The molecule has 1 atom stereocenters. The van der Waals surface area contributed by atoms with Crippen molar-refractivity contribution in [3.63, 3.8) is 0 Å². The smallest absolute Gasteiger partial charge is 0.249 e. The molecule has 1 aliphatic heterocycles. The molecule has 5 heteroatoms. The van der Waals surface area contributed by atoms with Gasteiger partial charge in [-0.15, -0.1) is 0 Å². The van der Waals surface area contributed by atoms with Gasteiger partial charge in [0.05, 0.1) is 5.54 Å². The molecule has 15 heavy (non-hydrogen) atoms. The molecule has 1 saturated heterocycles. The van der Waals surface area contributed by atoms with Crippen molar-refractivity contribution < 1.29 is 14.3 Å². The highest BCUT2D eigenvalue weighted by molar-refractivity contribution is 5.81. The Bertz CT molecular complexity index is 215. The van der Waals surface area contributed by atoms with E-state index in [1.54, 1.807) is 6.92 Å². The van der Waals surface area contributed by atoms with E-state index in [1.807, 2.05) is 0 Å². The van der Waals surface area contributed by atoms with Crippen LogP contribution < -0.4 is 11.1 Å². The summed E-state index contributed by atoms with van der Waals surface area (Å²) in [5.74, 6) is -0.107. The lowest BCUT2D eigenvalue weighted by atomic mass is 9.90. The minimum Gasteiger partial charge on any atom is -0.381 e. The van der Waals surface area contributed by atoms with E-state index in [0.29, 0.717) is 19.8 Å². The average molecular weight is 216 g/mol. The van der Waals surface area contributed by atoms with Crippen molar-refractivity contribution in [2.24, 2.45) is 5.73 Å². The summed E-state index contributed by atoms with van der Waals surface area (Å²) in [6.45, 7) is 3.47. The molecule has 1 aliphatic rings. The zero-order valence-corrected chi connectivity index (χ0v) is 9.41. The highest BCUT2D eigenvalue weighted by atomic mass is 16.5. The second-order valence-electron chi connectivity index (χ2n) is 3.96. The highest BCUT2D eigenvalue weighted by Gasteiger charge is 2.33. The molecule has 88 valence electrons. The van der Waals surface area contributed by atoms with E-state index in [0.717, 1.165) is 12.8 Å². The Kier molecular flexibility index (Phi) is 4.50. The summed E-state index contributed by atoms with van der Waals surface area (Å²) in [5.41, 5.74) is 5.41. The Morgan fingerprint density at radius 1 is 1.60 bits per heavy atom. The van der Waals surface area contributed by atoms with Gasteiger partial charge in [0.25, 0.3) is 0 Å². The Hall–Kier alpha value is -0.650. The van der Waals surface area contributed by atoms with Crippen molar-refractivity contribution in [3.8, 4) is 0 Å². The van der Waals surface area contributed by atoms with Crippen LogP contribution in [0.5, 0.6) is 0 Å². The van der Waals surface area contributed by atoms with Gasteiger partial charge >= 0.3 is 0 Å². The van der Waals surface area contributed by atoms with Crippen molar-refractivity contribution in [2.45, 2.75) is 31.4 Å². The summed E-state index contributed by atoms with van der Waals surface area (Å²) in [6.07, 6.45) is 1.11. The zero-order valence-electron chi connectivity index (χ0n) is 9.41. The monoisotopic (exact) mass is 216 g/mol. The van der Waals surface area contributed by atoms with Gasteiger partial charge < -0.3 is 20.5 Å². The maximum Gasteiger partial charge on any atom is 0.249 e. The van der Waals surface area contributed by atoms with Crippen molar-refractivity contribution >= 4 is 5.91 Å². The van der Waals surface area contributed by atoms with Gasteiger partial charge in [-0.2, -0.15) is 0 Å². The minimum atomic E-state index is -0.434. The summed E-state index contributed by atoms with van der Waals surface area (Å²) >= 11 is 0. The van der Waals surface area contributed by atoms with E-state index in [-0.39, 0.29) is 11.4 Å². The number of carbonyl (C=O) groups is 1. The van der Waals surface area contributed by atoms with Crippen molar-refractivity contribution in [1.82, 2.24) is 5.32 Å². The van der Waals surface area contributed by atoms with Gasteiger partial charge in [-0.25, -0.2) is 0 Å². The van der Waals surface area contributed by atoms with Gasteiger partial charge in [-0.3, -0.25) is 4.79 Å². The molecule has 0 spiro atoms. The number of hydrogen-bond donors (Lipinski definition) is 2. The molecule has 3 N–H and O–H groups in total. The van der Waals surface area contributed by atoms with E-state index < -0.39 is 6.10 Å². The Labute approximate surface area is 90.3 Å². The largest absolute Gasteiger partial charge is 0.381 e. The van der Waals surface area contributed by atoms with E-state index in [9.17, 15) is 4.79 Å². The SMILES string of the molecule is COC(C)C(=O)NC1(CN)CCOCC1. The zero-order chi connectivity index (χ0) is 11.3. The number of hydrogen-bond acceptors (Lipinski definition) is 4. The predicted molar refractivity (Wildman–Crippen MR) is 56.5 cm³/mol. The van der Waals surface area contributed by atoms with Gasteiger partial charge in [0.2, 0.25) is 5.91 Å². The quantitative estimate of drug-likeness (QED) is 0.673. The first-order chi connectivity index (χ1) is 7.13. The third-order valence-corrected chi connectivity index (χ3v) is 2.95. The fourth-order valence-corrected chi connectivity index (χ4v) is 1.61. The van der Waals surface area contributed by atoms with Crippen LogP contribution in [0, 0.1) is 0 Å². The highest BCUT2D eigenvalue weighted by Crippen LogP contribution is 2.19. The van der Waals surface area contributed by atoms with Gasteiger partial charge in [-0.05, 0) is 19.8 Å². The molecule has 0 saturated carbocycles. The van der Waals surface area contributed by atoms with E-state index in [4.69, 9.17) is 15.2 Å².